The fourth-order valence-corrected chi connectivity index (χ4v) is 7.51. The molecule has 48 heavy (non-hydrogen) atoms. The number of nitrogens with zero attached hydrogens (tertiary/aromatic N) is 3. The number of hydrogen-bond donors (Lipinski definition) is 1. The smallest absolute Gasteiger partial charge is 0.490 e. The second-order valence-corrected chi connectivity index (χ2v) is 15.4. The van der Waals surface area contributed by atoms with Crippen LogP contribution >= 0.6 is 0 Å². The molecular formula is C33H41F3N4O7S. The highest BCUT2D eigenvalue weighted by Gasteiger charge is 2.47. The maximum absolute atomic E-state index is 13.3. The zero-order valence-corrected chi connectivity index (χ0v) is 28.2. The molecule has 11 nitrogen and oxygen atoms in total. The van der Waals surface area contributed by atoms with Gasteiger partial charge in [0.15, 0.2) is 0 Å². The molecule has 3 aliphatic heterocycles. The van der Waals surface area contributed by atoms with E-state index in [0.29, 0.717) is 38.1 Å². The molecule has 1 N–H and O–H groups in total. The Labute approximate surface area is 278 Å². The van der Waals surface area contributed by atoms with Crippen molar-refractivity contribution in [3.05, 3.63) is 59.2 Å². The SMILES string of the molecule is Cc1cc(OC2CCN(C(=O)OC(C)(C)C)CC2)ccc1CCS(=O)(=O)N1CCC2(CC1)N=C(c1cccc(OC(F)(F)F)c1)NC2=O. The lowest BCUT2D eigenvalue weighted by molar-refractivity contribution is -0.274. The fraction of sp³-hybridized carbons (Fsp3) is 0.545. The second kappa shape index (κ2) is 13.6. The van der Waals surface area contributed by atoms with Crippen LogP contribution in [-0.2, 0) is 26.0 Å². The number of amides is 2. The number of hydrogen-bond acceptors (Lipinski definition) is 8. The van der Waals surface area contributed by atoms with Crippen molar-refractivity contribution in [2.45, 2.75) is 83.4 Å². The molecule has 0 radical (unpaired) electrons. The van der Waals surface area contributed by atoms with E-state index in [-0.39, 0.29) is 55.3 Å². The van der Waals surface area contributed by atoms with Crippen molar-refractivity contribution in [1.82, 2.24) is 14.5 Å². The molecule has 5 rings (SSSR count). The van der Waals surface area contributed by atoms with Gasteiger partial charge in [0.05, 0.1) is 5.75 Å². The summed E-state index contributed by atoms with van der Waals surface area (Å²) in [7, 11) is -3.65. The standard InChI is InChI=1S/C33H41F3N4O7S/c1-22-20-26(45-25-10-15-39(16-11-25)30(42)47-31(2,3)4)9-8-23(22)12-19-48(43,44)40-17-13-32(14-18-40)29(41)37-28(38-32)24-6-5-7-27(21-24)46-33(34,35)36/h5-9,20-21,25H,10-19H2,1-4H3,(H,37,38,41). The molecule has 0 saturated carbocycles. The first-order valence-electron chi connectivity index (χ1n) is 15.9. The molecule has 15 heteroatoms. The van der Waals surface area contributed by atoms with Gasteiger partial charge < -0.3 is 24.4 Å². The molecule has 0 aliphatic carbocycles. The first kappa shape index (κ1) is 35.5. The molecule has 0 atom stereocenters. The number of sulfonamides is 1. The summed E-state index contributed by atoms with van der Waals surface area (Å²) >= 11 is 0. The van der Waals surface area contributed by atoms with Crippen LogP contribution in [0.2, 0.25) is 0 Å². The van der Waals surface area contributed by atoms with Crippen LogP contribution in [-0.4, -0.2) is 91.0 Å². The summed E-state index contributed by atoms with van der Waals surface area (Å²) in [4.78, 5) is 31.5. The van der Waals surface area contributed by atoms with E-state index >= 15 is 0 Å². The van der Waals surface area contributed by atoms with Gasteiger partial charge in [-0.05, 0) is 82.3 Å². The molecule has 3 aliphatic rings. The van der Waals surface area contributed by atoms with Crippen LogP contribution in [0.5, 0.6) is 11.5 Å². The van der Waals surface area contributed by atoms with Gasteiger partial charge in [-0.1, -0.05) is 18.2 Å². The maximum Gasteiger partial charge on any atom is 0.573 e. The number of likely N-dealkylation sites (tertiary alicyclic amines) is 1. The third-order valence-corrected chi connectivity index (χ3v) is 10.5. The van der Waals surface area contributed by atoms with Gasteiger partial charge >= 0.3 is 12.5 Å². The number of amidine groups is 1. The van der Waals surface area contributed by atoms with Gasteiger partial charge in [-0.3, -0.25) is 9.79 Å². The molecule has 2 saturated heterocycles. The van der Waals surface area contributed by atoms with E-state index < -0.39 is 39.2 Å². The number of aliphatic imine (C=N–C) groups is 1. The normalized spacial score (nSPS) is 19.2. The Morgan fingerprint density at radius 2 is 1.71 bits per heavy atom. The zero-order valence-electron chi connectivity index (χ0n) is 27.4. The highest BCUT2D eigenvalue weighted by Crippen LogP contribution is 2.33. The Morgan fingerprint density at radius 3 is 2.33 bits per heavy atom. The van der Waals surface area contributed by atoms with E-state index in [0.717, 1.165) is 23.3 Å². The summed E-state index contributed by atoms with van der Waals surface area (Å²) in [6.45, 7) is 8.67. The molecule has 1 spiro atoms. The molecule has 0 bridgehead atoms. The van der Waals surface area contributed by atoms with E-state index in [1.165, 1.54) is 16.4 Å². The minimum absolute atomic E-state index is 0.0485. The molecular weight excluding hydrogens is 653 g/mol. The number of carbonyl (C=O) groups excluding carboxylic acids is 2. The van der Waals surface area contributed by atoms with Crippen LogP contribution in [0.1, 0.15) is 63.1 Å². The lowest BCUT2D eigenvalue weighted by Gasteiger charge is -2.34. The number of ether oxygens (including phenoxy) is 3. The summed E-state index contributed by atoms with van der Waals surface area (Å²) in [5.41, 5.74) is 0.293. The number of carbonyl (C=O) groups is 2. The molecule has 3 heterocycles. The summed E-state index contributed by atoms with van der Waals surface area (Å²) in [5.74, 6) is -0.155. The van der Waals surface area contributed by atoms with E-state index in [9.17, 15) is 31.2 Å². The highest BCUT2D eigenvalue weighted by atomic mass is 32.2. The quantitative estimate of drug-likeness (QED) is 0.414. The van der Waals surface area contributed by atoms with E-state index in [1.807, 2.05) is 45.9 Å². The minimum Gasteiger partial charge on any atom is -0.490 e. The Kier molecular flexibility index (Phi) is 10.0. The van der Waals surface area contributed by atoms with Gasteiger partial charge in [0.2, 0.25) is 10.0 Å². The molecule has 2 fully saturated rings. The highest BCUT2D eigenvalue weighted by molar-refractivity contribution is 7.89. The first-order chi connectivity index (χ1) is 22.4. The maximum atomic E-state index is 13.3. The monoisotopic (exact) mass is 694 g/mol. The topological polar surface area (TPSA) is 127 Å². The summed E-state index contributed by atoms with van der Waals surface area (Å²) in [5, 5.41) is 2.65. The van der Waals surface area contributed by atoms with Gasteiger partial charge in [0.1, 0.15) is 34.6 Å². The summed E-state index contributed by atoms with van der Waals surface area (Å²) in [6.07, 6.45) is -3.31. The number of aryl methyl sites for hydroxylation is 2. The first-order valence-corrected chi connectivity index (χ1v) is 17.5. The van der Waals surface area contributed by atoms with Crippen molar-refractivity contribution in [3.8, 4) is 11.5 Å². The fourth-order valence-electron chi connectivity index (χ4n) is 6.03. The van der Waals surface area contributed by atoms with Crippen LogP contribution < -0.4 is 14.8 Å². The zero-order chi connectivity index (χ0) is 34.9. The van der Waals surface area contributed by atoms with Gasteiger partial charge in [-0.25, -0.2) is 17.5 Å². The van der Waals surface area contributed by atoms with Crippen molar-refractivity contribution in [3.63, 3.8) is 0 Å². The van der Waals surface area contributed by atoms with Crippen LogP contribution in [0.4, 0.5) is 18.0 Å². The molecule has 0 aromatic heterocycles. The molecule has 2 aromatic rings. The molecule has 2 amide bonds. The number of rotatable bonds is 8. The average molecular weight is 695 g/mol. The summed E-state index contributed by atoms with van der Waals surface area (Å²) in [6, 6.07) is 10.8. The number of nitrogens with one attached hydrogen (secondary N) is 1. The van der Waals surface area contributed by atoms with Crippen molar-refractivity contribution in [2.75, 3.05) is 31.9 Å². The minimum atomic E-state index is -4.86. The second-order valence-electron chi connectivity index (χ2n) is 13.4. The number of alkyl halides is 3. The van der Waals surface area contributed by atoms with Crippen LogP contribution in [0.3, 0.4) is 0 Å². The predicted octanol–water partition coefficient (Wildman–Crippen LogP) is 4.96. The average Bonchev–Trinajstić information content (AvgIpc) is 3.30. The molecule has 2 aromatic carbocycles. The Hall–Kier alpha value is -3.85. The Balaban J connectivity index is 1.12. The third-order valence-electron chi connectivity index (χ3n) is 8.60. The van der Waals surface area contributed by atoms with Crippen LogP contribution in [0, 0.1) is 6.92 Å². The molecule has 262 valence electrons. The lowest BCUT2D eigenvalue weighted by Crippen LogP contribution is -2.50. The van der Waals surface area contributed by atoms with E-state index in [2.05, 4.69) is 15.0 Å². The van der Waals surface area contributed by atoms with Gasteiger partial charge in [0, 0.05) is 44.6 Å². The molecule has 0 unspecified atom stereocenters. The predicted molar refractivity (Wildman–Crippen MR) is 171 cm³/mol. The third kappa shape index (κ3) is 8.78. The van der Waals surface area contributed by atoms with Crippen molar-refractivity contribution >= 4 is 27.9 Å². The van der Waals surface area contributed by atoms with Crippen molar-refractivity contribution in [1.29, 1.82) is 0 Å². The van der Waals surface area contributed by atoms with Gasteiger partial charge in [0.25, 0.3) is 5.91 Å². The van der Waals surface area contributed by atoms with Gasteiger partial charge in [-0.15, -0.1) is 13.2 Å². The summed E-state index contributed by atoms with van der Waals surface area (Å²) < 4.78 is 81.6. The Morgan fingerprint density at radius 1 is 1.02 bits per heavy atom. The van der Waals surface area contributed by atoms with Crippen LogP contribution in [0.25, 0.3) is 0 Å². The number of piperidine rings is 2. The lowest BCUT2D eigenvalue weighted by atomic mass is 9.89. The van der Waals surface area contributed by atoms with Crippen molar-refractivity contribution in [2.24, 2.45) is 4.99 Å². The van der Waals surface area contributed by atoms with E-state index in [1.54, 1.807) is 4.90 Å². The van der Waals surface area contributed by atoms with Crippen LogP contribution in [0.15, 0.2) is 47.5 Å². The number of halogens is 3. The van der Waals surface area contributed by atoms with Gasteiger partial charge in [-0.2, -0.15) is 0 Å². The van der Waals surface area contributed by atoms with E-state index in [4.69, 9.17) is 9.47 Å². The number of benzene rings is 2. The van der Waals surface area contributed by atoms with Crippen molar-refractivity contribution < 1.29 is 45.4 Å². The Bertz CT molecular complexity index is 1660. The largest absolute Gasteiger partial charge is 0.573 e.